The quantitative estimate of drug-likeness (QED) is 0.698. The van der Waals surface area contributed by atoms with Gasteiger partial charge in [0.2, 0.25) is 5.91 Å². The molecular weight excluding hydrogens is 226 g/mol. The van der Waals surface area contributed by atoms with Crippen molar-refractivity contribution in [2.45, 2.75) is 38.0 Å². The second-order valence-electron chi connectivity index (χ2n) is 4.43. The highest BCUT2D eigenvalue weighted by Crippen LogP contribution is 2.21. The van der Waals surface area contributed by atoms with Crippen molar-refractivity contribution in [3.63, 3.8) is 0 Å². The number of piperidine rings is 1. The molecule has 0 radical (unpaired) electrons. The average molecular weight is 248 g/mol. The Morgan fingerprint density at radius 2 is 2.12 bits per heavy atom. The normalized spacial score (nSPS) is 19.8. The van der Waals surface area contributed by atoms with E-state index >= 15 is 0 Å². The molecule has 1 amide bonds. The lowest BCUT2D eigenvalue weighted by Crippen LogP contribution is -2.42. The summed E-state index contributed by atoms with van der Waals surface area (Å²) in [5, 5.41) is -0.337. The van der Waals surface area contributed by atoms with Crippen LogP contribution in [0.2, 0.25) is 0 Å². The second-order valence-corrected chi connectivity index (χ2v) is 4.95. The van der Waals surface area contributed by atoms with E-state index in [0.717, 1.165) is 39.0 Å². The summed E-state index contributed by atoms with van der Waals surface area (Å²) >= 11 is 5.96. The number of amides is 1. The Balaban J connectivity index is 2.28. The third-order valence-electron chi connectivity index (χ3n) is 3.28. The average Bonchev–Trinajstić information content (AvgIpc) is 2.35. The van der Waals surface area contributed by atoms with Gasteiger partial charge in [-0.15, -0.1) is 11.6 Å². The molecule has 16 heavy (non-hydrogen) atoms. The van der Waals surface area contributed by atoms with Crippen molar-refractivity contribution in [1.82, 2.24) is 4.90 Å². The zero-order valence-electron chi connectivity index (χ0n) is 10.2. The van der Waals surface area contributed by atoms with Gasteiger partial charge in [-0.25, -0.2) is 0 Å². The molecule has 0 saturated carbocycles. The van der Waals surface area contributed by atoms with E-state index < -0.39 is 0 Å². The lowest BCUT2D eigenvalue weighted by Gasteiger charge is -2.33. The number of rotatable bonds is 5. The number of methoxy groups -OCH3 is 1. The lowest BCUT2D eigenvalue weighted by molar-refractivity contribution is -0.132. The molecule has 1 aliphatic rings. The molecule has 3 nitrogen and oxygen atoms in total. The van der Waals surface area contributed by atoms with E-state index in [4.69, 9.17) is 16.3 Å². The topological polar surface area (TPSA) is 29.5 Å². The Bertz CT molecular complexity index is 215. The first-order valence-corrected chi connectivity index (χ1v) is 6.54. The molecular formula is C12H22ClNO2. The first-order chi connectivity index (χ1) is 7.69. The van der Waals surface area contributed by atoms with Gasteiger partial charge < -0.3 is 9.64 Å². The Hall–Kier alpha value is -0.280. The van der Waals surface area contributed by atoms with Crippen LogP contribution in [-0.4, -0.2) is 43.0 Å². The van der Waals surface area contributed by atoms with Crippen LogP contribution >= 0.6 is 11.6 Å². The number of likely N-dealkylation sites (tertiary alicyclic amines) is 1. The highest BCUT2D eigenvalue weighted by atomic mass is 35.5. The van der Waals surface area contributed by atoms with Crippen LogP contribution < -0.4 is 0 Å². The summed E-state index contributed by atoms with van der Waals surface area (Å²) in [4.78, 5) is 13.7. The number of carbonyl (C=O) groups excluding carboxylic acids is 1. The molecule has 1 aliphatic heterocycles. The predicted octanol–water partition coefficient (Wildman–Crippen LogP) is 2.28. The summed E-state index contributed by atoms with van der Waals surface area (Å²) < 4.78 is 5.07. The van der Waals surface area contributed by atoms with E-state index in [0.29, 0.717) is 12.3 Å². The predicted molar refractivity (Wildman–Crippen MR) is 65.7 cm³/mol. The van der Waals surface area contributed by atoms with Crippen LogP contribution in [-0.2, 0) is 9.53 Å². The van der Waals surface area contributed by atoms with Crippen molar-refractivity contribution < 1.29 is 9.53 Å². The maximum absolute atomic E-state index is 11.8. The zero-order chi connectivity index (χ0) is 12.0. The van der Waals surface area contributed by atoms with Gasteiger partial charge in [0.25, 0.3) is 0 Å². The number of ether oxygens (including phenoxy) is 1. The third-order valence-corrected chi connectivity index (χ3v) is 3.78. The van der Waals surface area contributed by atoms with Crippen LogP contribution in [0, 0.1) is 5.92 Å². The van der Waals surface area contributed by atoms with Crippen molar-refractivity contribution in [3.05, 3.63) is 0 Å². The fraction of sp³-hybridized carbons (Fsp3) is 0.917. The van der Waals surface area contributed by atoms with Crippen molar-refractivity contribution >= 4 is 17.5 Å². The minimum absolute atomic E-state index is 0.106. The summed E-state index contributed by atoms with van der Waals surface area (Å²) in [7, 11) is 1.73. The van der Waals surface area contributed by atoms with E-state index in [9.17, 15) is 4.79 Å². The fourth-order valence-electron chi connectivity index (χ4n) is 2.10. The summed E-state index contributed by atoms with van der Waals surface area (Å²) in [6, 6.07) is 0. The number of hydrogen-bond donors (Lipinski definition) is 0. The standard InChI is InChI=1S/C12H22ClNO2/c1-3-11(13)12(15)14-7-4-10(5-8-14)6-9-16-2/h10-11H,3-9H2,1-2H3. The van der Waals surface area contributed by atoms with Crippen LogP contribution in [0.4, 0.5) is 0 Å². The maximum atomic E-state index is 11.8. The van der Waals surface area contributed by atoms with E-state index in [-0.39, 0.29) is 11.3 Å². The lowest BCUT2D eigenvalue weighted by atomic mass is 9.94. The smallest absolute Gasteiger partial charge is 0.240 e. The van der Waals surface area contributed by atoms with Crippen LogP contribution in [0.15, 0.2) is 0 Å². The van der Waals surface area contributed by atoms with Crippen LogP contribution in [0.5, 0.6) is 0 Å². The highest BCUT2D eigenvalue weighted by molar-refractivity contribution is 6.30. The van der Waals surface area contributed by atoms with Crippen LogP contribution in [0.1, 0.15) is 32.6 Å². The molecule has 0 aromatic heterocycles. The Morgan fingerprint density at radius 3 is 2.62 bits per heavy atom. The molecule has 0 aromatic carbocycles. The Labute approximate surface area is 103 Å². The first kappa shape index (κ1) is 13.8. The van der Waals surface area contributed by atoms with Gasteiger partial charge in [0.15, 0.2) is 0 Å². The van der Waals surface area contributed by atoms with Gasteiger partial charge in [-0.1, -0.05) is 6.92 Å². The SMILES string of the molecule is CCC(Cl)C(=O)N1CCC(CCOC)CC1. The van der Waals surface area contributed by atoms with Gasteiger partial charge in [0, 0.05) is 26.8 Å². The van der Waals surface area contributed by atoms with E-state index in [1.807, 2.05) is 11.8 Å². The van der Waals surface area contributed by atoms with Crippen LogP contribution in [0.3, 0.4) is 0 Å². The molecule has 1 rings (SSSR count). The monoisotopic (exact) mass is 247 g/mol. The molecule has 1 unspecified atom stereocenters. The number of carbonyl (C=O) groups is 1. The third kappa shape index (κ3) is 3.95. The van der Waals surface area contributed by atoms with Crippen molar-refractivity contribution in [2.75, 3.05) is 26.8 Å². The Morgan fingerprint density at radius 1 is 1.50 bits per heavy atom. The minimum atomic E-state index is -0.337. The van der Waals surface area contributed by atoms with E-state index in [2.05, 4.69) is 0 Å². The molecule has 4 heteroatoms. The number of alkyl halides is 1. The first-order valence-electron chi connectivity index (χ1n) is 6.10. The molecule has 0 aromatic rings. The minimum Gasteiger partial charge on any atom is -0.385 e. The zero-order valence-corrected chi connectivity index (χ0v) is 11.0. The van der Waals surface area contributed by atoms with Gasteiger partial charge in [0.05, 0.1) is 0 Å². The van der Waals surface area contributed by atoms with Gasteiger partial charge in [0.1, 0.15) is 5.38 Å². The molecule has 1 saturated heterocycles. The summed E-state index contributed by atoms with van der Waals surface area (Å²) in [5.74, 6) is 0.814. The highest BCUT2D eigenvalue weighted by Gasteiger charge is 2.25. The van der Waals surface area contributed by atoms with Crippen molar-refractivity contribution in [2.24, 2.45) is 5.92 Å². The Kier molecular flexibility index (Phi) is 6.14. The molecule has 1 fully saturated rings. The molecule has 0 N–H and O–H groups in total. The number of halogens is 1. The van der Waals surface area contributed by atoms with Crippen molar-refractivity contribution in [3.8, 4) is 0 Å². The molecule has 1 atom stereocenters. The summed E-state index contributed by atoms with van der Waals surface area (Å²) in [6.07, 6.45) is 3.99. The van der Waals surface area contributed by atoms with Gasteiger partial charge in [-0.2, -0.15) is 0 Å². The van der Waals surface area contributed by atoms with Crippen LogP contribution in [0.25, 0.3) is 0 Å². The summed E-state index contributed by atoms with van der Waals surface area (Å²) in [6.45, 7) is 4.49. The van der Waals surface area contributed by atoms with E-state index in [1.165, 1.54) is 0 Å². The van der Waals surface area contributed by atoms with Crippen molar-refractivity contribution in [1.29, 1.82) is 0 Å². The van der Waals surface area contributed by atoms with Gasteiger partial charge in [-0.3, -0.25) is 4.79 Å². The maximum Gasteiger partial charge on any atom is 0.240 e. The number of nitrogens with zero attached hydrogens (tertiary/aromatic N) is 1. The van der Waals surface area contributed by atoms with E-state index in [1.54, 1.807) is 7.11 Å². The molecule has 1 heterocycles. The van der Waals surface area contributed by atoms with Gasteiger partial charge >= 0.3 is 0 Å². The largest absolute Gasteiger partial charge is 0.385 e. The molecule has 0 aliphatic carbocycles. The molecule has 0 bridgehead atoms. The van der Waals surface area contributed by atoms with Gasteiger partial charge in [-0.05, 0) is 31.6 Å². The number of hydrogen-bond acceptors (Lipinski definition) is 2. The fourth-order valence-corrected chi connectivity index (χ4v) is 2.24. The molecule has 94 valence electrons. The second kappa shape index (κ2) is 7.13. The summed E-state index contributed by atoms with van der Waals surface area (Å²) in [5.41, 5.74) is 0. The molecule has 0 spiro atoms.